The first-order valence-electron chi connectivity index (χ1n) is 10.9. The average molecular weight is 473 g/mol. The van der Waals surface area contributed by atoms with Crippen molar-refractivity contribution in [1.82, 2.24) is 13.9 Å². The first-order chi connectivity index (χ1) is 15.9. The normalized spacial score (nSPS) is 15.0. The maximum Gasteiger partial charge on any atom is 0.243 e. The van der Waals surface area contributed by atoms with Gasteiger partial charge in [0.25, 0.3) is 0 Å². The van der Waals surface area contributed by atoms with Crippen LogP contribution in [-0.4, -0.2) is 61.1 Å². The van der Waals surface area contributed by atoms with Gasteiger partial charge in [-0.3, -0.25) is 4.79 Å². The van der Waals surface area contributed by atoms with Crippen LogP contribution in [0, 0.1) is 0 Å². The van der Waals surface area contributed by atoms with Gasteiger partial charge in [0.1, 0.15) is 11.6 Å². The Kier molecular flexibility index (Phi) is 6.96. The van der Waals surface area contributed by atoms with Crippen molar-refractivity contribution in [1.29, 1.82) is 0 Å². The number of fused-ring (bicyclic) bond motifs is 1. The van der Waals surface area contributed by atoms with Gasteiger partial charge < -0.3 is 19.4 Å². The SMILES string of the molecule is CCOc1ccc(NC(=O)CCc2nc3cc(S(=O)(=O)N4CCOCC4)ccc3n2C)cc1. The van der Waals surface area contributed by atoms with Crippen molar-refractivity contribution in [2.24, 2.45) is 7.05 Å². The molecule has 0 saturated carbocycles. The molecule has 0 aliphatic carbocycles. The van der Waals surface area contributed by atoms with E-state index in [9.17, 15) is 13.2 Å². The van der Waals surface area contributed by atoms with E-state index in [0.717, 1.165) is 11.3 Å². The molecule has 0 unspecified atom stereocenters. The third kappa shape index (κ3) is 5.18. The number of carbonyl (C=O) groups excluding carboxylic acids is 1. The van der Waals surface area contributed by atoms with Crippen molar-refractivity contribution in [3.8, 4) is 5.75 Å². The minimum Gasteiger partial charge on any atom is -0.494 e. The fraction of sp³-hybridized carbons (Fsp3) is 0.391. The van der Waals surface area contributed by atoms with Crippen LogP contribution in [0.25, 0.3) is 11.0 Å². The number of amides is 1. The zero-order valence-corrected chi connectivity index (χ0v) is 19.6. The van der Waals surface area contributed by atoms with E-state index >= 15 is 0 Å². The molecule has 10 heteroatoms. The van der Waals surface area contributed by atoms with Crippen molar-refractivity contribution in [3.05, 3.63) is 48.3 Å². The Bertz CT molecular complexity index is 1230. The smallest absolute Gasteiger partial charge is 0.243 e. The molecule has 33 heavy (non-hydrogen) atoms. The predicted molar refractivity (Wildman–Crippen MR) is 125 cm³/mol. The van der Waals surface area contributed by atoms with Gasteiger partial charge in [0, 0.05) is 38.7 Å². The molecule has 0 bridgehead atoms. The molecule has 0 atom stereocenters. The van der Waals surface area contributed by atoms with Crippen molar-refractivity contribution in [3.63, 3.8) is 0 Å². The molecule has 0 radical (unpaired) electrons. The van der Waals surface area contributed by atoms with Gasteiger partial charge in [-0.2, -0.15) is 4.31 Å². The second kappa shape index (κ2) is 9.90. The van der Waals surface area contributed by atoms with E-state index in [0.29, 0.717) is 56.4 Å². The van der Waals surface area contributed by atoms with Gasteiger partial charge in [-0.1, -0.05) is 0 Å². The number of sulfonamides is 1. The van der Waals surface area contributed by atoms with E-state index in [1.807, 2.05) is 30.7 Å². The van der Waals surface area contributed by atoms with Gasteiger partial charge in [0.15, 0.2) is 0 Å². The first-order valence-corrected chi connectivity index (χ1v) is 12.4. The third-order valence-electron chi connectivity index (χ3n) is 5.58. The maximum atomic E-state index is 12.9. The average Bonchev–Trinajstić information content (AvgIpc) is 3.14. The summed E-state index contributed by atoms with van der Waals surface area (Å²) in [6.45, 7) is 3.99. The molecular formula is C23H28N4O5S. The number of aromatic nitrogens is 2. The van der Waals surface area contributed by atoms with E-state index < -0.39 is 10.0 Å². The van der Waals surface area contributed by atoms with Crippen LogP contribution in [0.4, 0.5) is 5.69 Å². The van der Waals surface area contributed by atoms with Crippen molar-refractivity contribution in [2.45, 2.75) is 24.7 Å². The van der Waals surface area contributed by atoms with Crippen LogP contribution in [0.1, 0.15) is 19.2 Å². The predicted octanol–water partition coefficient (Wildman–Crippen LogP) is 2.56. The number of nitrogens with one attached hydrogen (secondary N) is 1. The van der Waals surface area contributed by atoms with Crippen molar-refractivity contribution >= 4 is 32.7 Å². The number of aryl methyl sites for hydroxylation is 2. The zero-order chi connectivity index (χ0) is 23.4. The maximum absolute atomic E-state index is 12.9. The monoisotopic (exact) mass is 472 g/mol. The summed E-state index contributed by atoms with van der Waals surface area (Å²) in [7, 11) is -1.73. The number of hydrogen-bond acceptors (Lipinski definition) is 6. The standard InChI is InChI=1S/C23H28N4O5S/c1-3-32-18-6-4-17(5-7-18)24-23(28)11-10-22-25-20-16-19(8-9-21(20)26(22)2)33(29,30)27-12-14-31-15-13-27/h4-9,16H,3,10-15H2,1-2H3,(H,24,28). The fourth-order valence-electron chi connectivity index (χ4n) is 3.80. The van der Waals surface area contributed by atoms with Crippen LogP contribution in [0.2, 0.25) is 0 Å². The topological polar surface area (TPSA) is 103 Å². The molecule has 1 fully saturated rings. The van der Waals surface area contributed by atoms with Gasteiger partial charge in [0.05, 0.1) is 35.7 Å². The van der Waals surface area contributed by atoms with E-state index in [4.69, 9.17) is 9.47 Å². The lowest BCUT2D eigenvalue weighted by atomic mass is 10.2. The van der Waals surface area contributed by atoms with Crippen LogP contribution in [0.3, 0.4) is 0 Å². The van der Waals surface area contributed by atoms with Gasteiger partial charge in [-0.15, -0.1) is 0 Å². The number of hydrogen-bond donors (Lipinski definition) is 1. The third-order valence-corrected chi connectivity index (χ3v) is 7.47. The molecule has 1 aliphatic heterocycles. The van der Waals surface area contributed by atoms with Crippen molar-refractivity contribution in [2.75, 3.05) is 38.2 Å². The minimum absolute atomic E-state index is 0.123. The Balaban J connectivity index is 1.44. The van der Waals surface area contributed by atoms with Gasteiger partial charge in [0.2, 0.25) is 15.9 Å². The lowest BCUT2D eigenvalue weighted by molar-refractivity contribution is -0.116. The second-order valence-corrected chi connectivity index (χ2v) is 9.70. The summed E-state index contributed by atoms with van der Waals surface area (Å²) < 4.78 is 39.9. The summed E-state index contributed by atoms with van der Waals surface area (Å²) in [6.07, 6.45) is 0.683. The summed E-state index contributed by atoms with van der Waals surface area (Å²) in [5, 5.41) is 2.87. The molecule has 1 saturated heterocycles. The molecule has 1 amide bonds. The van der Waals surface area contributed by atoms with Gasteiger partial charge in [-0.05, 0) is 49.4 Å². The van der Waals surface area contributed by atoms with Gasteiger partial charge >= 0.3 is 0 Å². The van der Waals surface area contributed by atoms with Crippen LogP contribution in [-0.2, 0) is 33.0 Å². The highest BCUT2D eigenvalue weighted by atomic mass is 32.2. The molecule has 2 heterocycles. The molecule has 9 nitrogen and oxygen atoms in total. The fourth-order valence-corrected chi connectivity index (χ4v) is 5.23. The summed E-state index contributed by atoms with van der Waals surface area (Å²) in [4.78, 5) is 17.2. The summed E-state index contributed by atoms with van der Waals surface area (Å²) >= 11 is 0. The number of morpholine rings is 1. The molecule has 4 rings (SSSR count). The van der Waals surface area contributed by atoms with E-state index in [1.165, 1.54) is 4.31 Å². The van der Waals surface area contributed by atoms with Crippen LogP contribution in [0.5, 0.6) is 5.75 Å². The van der Waals surface area contributed by atoms with Gasteiger partial charge in [-0.25, -0.2) is 13.4 Å². The van der Waals surface area contributed by atoms with E-state index in [2.05, 4.69) is 10.3 Å². The first kappa shape index (κ1) is 23.2. The van der Waals surface area contributed by atoms with Crippen LogP contribution in [0.15, 0.2) is 47.4 Å². The number of rotatable bonds is 8. The van der Waals surface area contributed by atoms with Crippen molar-refractivity contribution < 1.29 is 22.7 Å². The highest BCUT2D eigenvalue weighted by Gasteiger charge is 2.27. The number of benzene rings is 2. The largest absolute Gasteiger partial charge is 0.494 e. The summed E-state index contributed by atoms with van der Waals surface area (Å²) in [5.41, 5.74) is 2.11. The Morgan fingerprint density at radius 1 is 1.15 bits per heavy atom. The van der Waals surface area contributed by atoms with Crippen LogP contribution < -0.4 is 10.1 Å². The molecule has 176 valence electrons. The molecule has 3 aromatic rings. The molecule has 0 spiro atoms. The van der Waals surface area contributed by atoms with E-state index in [1.54, 1.807) is 30.3 Å². The summed E-state index contributed by atoms with van der Waals surface area (Å²) in [6, 6.07) is 12.2. The quantitative estimate of drug-likeness (QED) is 0.541. The molecular weight excluding hydrogens is 444 g/mol. The molecule has 1 N–H and O–H groups in total. The lowest BCUT2D eigenvalue weighted by Gasteiger charge is -2.26. The Morgan fingerprint density at radius 2 is 1.88 bits per heavy atom. The second-order valence-electron chi connectivity index (χ2n) is 7.76. The Hall–Kier alpha value is -2.95. The molecule has 2 aromatic carbocycles. The Labute approximate surface area is 193 Å². The highest BCUT2D eigenvalue weighted by molar-refractivity contribution is 7.89. The zero-order valence-electron chi connectivity index (χ0n) is 18.8. The molecule has 1 aliphatic rings. The lowest BCUT2D eigenvalue weighted by Crippen LogP contribution is -2.40. The minimum atomic E-state index is -3.59. The number of anilines is 1. The number of nitrogens with zero attached hydrogens (tertiary/aromatic N) is 3. The number of imidazole rings is 1. The van der Waals surface area contributed by atoms with Crippen LogP contribution >= 0.6 is 0 Å². The van der Waals surface area contributed by atoms with E-state index in [-0.39, 0.29) is 17.2 Å². The number of ether oxygens (including phenoxy) is 2. The Morgan fingerprint density at radius 3 is 2.58 bits per heavy atom. The highest BCUT2D eigenvalue weighted by Crippen LogP contribution is 2.23. The number of carbonyl (C=O) groups is 1. The molecule has 1 aromatic heterocycles. The summed E-state index contributed by atoms with van der Waals surface area (Å²) in [5.74, 6) is 1.35.